The molecule has 1 unspecified atom stereocenters. The first-order valence-corrected chi connectivity index (χ1v) is 10.4. The van der Waals surface area contributed by atoms with Gasteiger partial charge in [0.1, 0.15) is 0 Å². The lowest BCUT2D eigenvalue weighted by atomic mass is 9.96. The topological polar surface area (TPSA) is 70.7 Å². The van der Waals surface area contributed by atoms with Gasteiger partial charge in [0.15, 0.2) is 0 Å². The zero-order chi connectivity index (χ0) is 20.2. The Balaban J connectivity index is 1.99. The van der Waals surface area contributed by atoms with Crippen LogP contribution in [0.25, 0.3) is 0 Å². The zero-order valence-corrected chi connectivity index (χ0v) is 18.2. The fourth-order valence-corrected chi connectivity index (χ4v) is 4.03. The molecule has 0 aromatic carbocycles. The minimum atomic E-state index is -0.469. The van der Waals surface area contributed by atoms with Gasteiger partial charge in [0, 0.05) is 31.1 Å². The molecule has 1 aliphatic heterocycles. The number of thiophene rings is 1. The molecule has 0 aliphatic carbocycles. The standard InChI is InChI=1S/C20H33N3O3S/c1-13(2)15(23-7-9-26-10-8-23)12-21-18(24)17-14(3)11-16(27-17)22-19(25)20(4,5)6/h11,13,15H,7-10,12H2,1-6H3,(H,21,24)(H,22,25). The number of carbonyl (C=O) groups is 2. The first-order valence-electron chi connectivity index (χ1n) is 9.61. The van der Waals surface area contributed by atoms with Gasteiger partial charge in [-0.1, -0.05) is 34.6 Å². The number of rotatable bonds is 6. The van der Waals surface area contributed by atoms with Crippen molar-refractivity contribution >= 4 is 28.2 Å². The molecule has 27 heavy (non-hydrogen) atoms. The van der Waals surface area contributed by atoms with Gasteiger partial charge in [-0.2, -0.15) is 0 Å². The first kappa shape index (κ1) is 21.9. The highest BCUT2D eigenvalue weighted by Gasteiger charge is 2.26. The van der Waals surface area contributed by atoms with E-state index in [1.165, 1.54) is 11.3 Å². The molecule has 1 saturated heterocycles. The summed E-state index contributed by atoms with van der Waals surface area (Å²) >= 11 is 1.33. The van der Waals surface area contributed by atoms with E-state index in [9.17, 15) is 9.59 Å². The quantitative estimate of drug-likeness (QED) is 0.776. The summed E-state index contributed by atoms with van der Waals surface area (Å²) in [5.74, 6) is 0.310. The van der Waals surface area contributed by atoms with Crippen molar-refractivity contribution in [3.05, 3.63) is 16.5 Å². The van der Waals surface area contributed by atoms with E-state index in [0.29, 0.717) is 22.3 Å². The Labute approximate surface area is 166 Å². The van der Waals surface area contributed by atoms with E-state index in [0.717, 1.165) is 31.9 Å². The molecule has 2 N–H and O–H groups in total. The molecule has 0 spiro atoms. The lowest BCUT2D eigenvalue weighted by Gasteiger charge is -2.36. The smallest absolute Gasteiger partial charge is 0.261 e. The molecule has 2 rings (SSSR count). The van der Waals surface area contributed by atoms with Crippen molar-refractivity contribution in [2.75, 3.05) is 38.2 Å². The van der Waals surface area contributed by atoms with Crippen molar-refractivity contribution in [1.29, 1.82) is 0 Å². The highest BCUT2D eigenvalue weighted by molar-refractivity contribution is 7.18. The van der Waals surface area contributed by atoms with Crippen molar-refractivity contribution < 1.29 is 14.3 Å². The summed E-state index contributed by atoms with van der Waals surface area (Å²) in [5, 5.41) is 6.72. The maximum absolute atomic E-state index is 12.7. The van der Waals surface area contributed by atoms with Gasteiger partial charge in [0.2, 0.25) is 5.91 Å². The van der Waals surface area contributed by atoms with E-state index in [1.807, 2.05) is 33.8 Å². The van der Waals surface area contributed by atoms with Crippen LogP contribution in [0.5, 0.6) is 0 Å². The highest BCUT2D eigenvalue weighted by Crippen LogP contribution is 2.28. The van der Waals surface area contributed by atoms with Crippen LogP contribution in [0.15, 0.2) is 6.07 Å². The Morgan fingerprint density at radius 2 is 1.89 bits per heavy atom. The summed E-state index contributed by atoms with van der Waals surface area (Å²) in [7, 11) is 0. The van der Waals surface area contributed by atoms with Crippen molar-refractivity contribution in [2.24, 2.45) is 11.3 Å². The van der Waals surface area contributed by atoms with Gasteiger partial charge in [-0.25, -0.2) is 0 Å². The van der Waals surface area contributed by atoms with Crippen LogP contribution in [-0.2, 0) is 9.53 Å². The van der Waals surface area contributed by atoms with E-state index in [2.05, 4.69) is 29.4 Å². The molecule has 0 saturated carbocycles. The SMILES string of the molecule is Cc1cc(NC(=O)C(C)(C)C)sc1C(=O)NCC(C(C)C)N1CCOCC1. The number of nitrogens with zero attached hydrogens (tertiary/aromatic N) is 1. The number of morpholine rings is 1. The molecule has 1 aromatic heterocycles. The van der Waals surface area contributed by atoms with E-state index in [-0.39, 0.29) is 17.9 Å². The third-order valence-electron chi connectivity index (χ3n) is 4.80. The van der Waals surface area contributed by atoms with Crippen LogP contribution in [0, 0.1) is 18.3 Å². The monoisotopic (exact) mass is 395 g/mol. The predicted octanol–water partition coefficient (Wildman–Crippen LogP) is 3.13. The molecule has 2 amide bonds. The molecule has 7 heteroatoms. The van der Waals surface area contributed by atoms with Crippen molar-refractivity contribution in [1.82, 2.24) is 10.2 Å². The van der Waals surface area contributed by atoms with Gasteiger partial charge >= 0.3 is 0 Å². The van der Waals surface area contributed by atoms with Crippen LogP contribution in [0.2, 0.25) is 0 Å². The Kier molecular flexibility index (Phi) is 7.42. The number of anilines is 1. The van der Waals surface area contributed by atoms with Crippen LogP contribution in [0.1, 0.15) is 49.9 Å². The van der Waals surface area contributed by atoms with Crippen molar-refractivity contribution in [3.63, 3.8) is 0 Å². The van der Waals surface area contributed by atoms with Gasteiger partial charge in [0.25, 0.3) is 5.91 Å². The number of hydrogen-bond donors (Lipinski definition) is 2. The summed E-state index contributed by atoms with van der Waals surface area (Å²) in [5.41, 5.74) is 0.414. The summed E-state index contributed by atoms with van der Waals surface area (Å²) in [6.45, 7) is 15.8. The lowest BCUT2D eigenvalue weighted by molar-refractivity contribution is -0.123. The zero-order valence-electron chi connectivity index (χ0n) is 17.3. The largest absolute Gasteiger partial charge is 0.379 e. The Hall–Kier alpha value is -1.44. The molecule has 1 aliphatic rings. The van der Waals surface area contributed by atoms with E-state index in [4.69, 9.17) is 4.74 Å². The number of nitrogens with one attached hydrogen (secondary N) is 2. The average Bonchev–Trinajstić information content (AvgIpc) is 2.95. The van der Waals surface area contributed by atoms with E-state index in [1.54, 1.807) is 0 Å². The Bertz CT molecular complexity index is 658. The Morgan fingerprint density at radius 1 is 1.26 bits per heavy atom. The van der Waals surface area contributed by atoms with Crippen LogP contribution in [0.4, 0.5) is 5.00 Å². The van der Waals surface area contributed by atoms with Crippen LogP contribution in [0.3, 0.4) is 0 Å². The summed E-state index contributed by atoms with van der Waals surface area (Å²) in [6, 6.07) is 2.16. The molecule has 0 bridgehead atoms. The molecular formula is C20H33N3O3S. The second-order valence-corrected chi connectivity index (χ2v) is 9.55. The van der Waals surface area contributed by atoms with Gasteiger partial charge in [-0.05, 0) is 24.5 Å². The van der Waals surface area contributed by atoms with Gasteiger partial charge in [-0.15, -0.1) is 11.3 Å². The summed E-state index contributed by atoms with van der Waals surface area (Å²) in [4.78, 5) is 27.9. The Morgan fingerprint density at radius 3 is 2.44 bits per heavy atom. The minimum absolute atomic E-state index is 0.0529. The fourth-order valence-electron chi connectivity index (χ4n) is 3.04. The number of hydrogen-bond acceptors (Lipinski definition) is 5. The van der Waals surface area contributed by atoms with Crippen LogP contribution in [-0.4, -0.2) is 55.6 Å². The van der Waals surface area contributed by atoms with Crippen molar-refractivity contribution in [2.45, 2.75) is 47.6 Å². The second-order valence-electron chi connectivity index (χ2n) is 8.50. The van der Waals surface area contributed by atoms with Crippen molar-refractivity contribution in [3.8, 4) is 0 Å². The molecule has 2 heterocycles. The molecule has 152 valence electrons. The maximum Gasteiger partial charge on any atom is 0.261 e. The molecule has 6 nitrogen and oxygen atoms in total. The number of carbonyl (C=O) groups excluding carboxylic acids is 2. The van der Waals surface area contributed by atoms with Gasteiger partial charge in [-0.3, -0.25) is 14.5 Å². The number of aryl methyl sites for hydroxylation is 1. The normalized spacial score (nSPS) is 17.0. The number of ether oxygens (including phenoxy) is 1. The predicted molar refractivity (Wildman–Crippen MR) is 110 cm³/mol. The maximum atomic E-state index is 12.7. The number of amides is 2. The highest BCUT2D eigenvalue weighted by atomic mass is 32.1. The van der Waals surface area contributed by atoms with Crippen LogP contribution < -0.4 is 10.6 Å². The molecule has 0 radical (unpaired) electrons. The average molecular weight is 396 g/mol. The minimum Gasteiger partial charge on any atom is -0.379 e. The molecular weight excluding hydrogens is 362 g/mol. The summed E-state index contributed by atoms with van der Waals surface area (Å²) < 4.78 is 5.44. The molecule has 1 atom stereocenters. The third kappa shape index (κ3) is 6.02. The van der Waals surface area contributed by atoms with Gasteiger partial charge in [0.05, 0.1) is 23.1 Å². The fraction of sp³-hybridized carbons (Fsp3) is 0.700. The van der Waals surface area contributed by atoms with Crippen LogP contribution >= 0.6 is 11.3 Å². The van der Waals surface area contributed by atoms with E-state index < -0.39 is 5.41 Å². The molecule has 1 aromatic rings. The van der Waals surface area contributed by atoms with Gasteiger partial charge < -0.3 is 15.4 Å². The first-order chi connectivity index (χ1) is 12.6. The van der Waals surface area contributed by atoms with E-state index >= 15 is 0 Å². The molecule has 1 fully saturated rings. The second kappa shape index (κ2) is 9.17. The lowest BCUT2D eigenvalue weighted by Crippen LogP contribution is -2.51. The summed E-state index contributed by atoms with van der Waals surface area (Å²) in [6.07, 6.45) is 0. The third-order valence-corrected chi connectivity index (χ3v) is 5.95.